The number of aromatic amines is 1. The molecule has 2 aliphatic rings. The van der Waals surface area contributed by atoms with Crippen LogP contribution in [0.2, 0.25) is 0 Å². The number of fused-ring (bicyclic) bond motifs is 2. The van der Waals surface area contributed by atoms with Gasteiger partial charge in [-0.15, -0.1) is 0 Å². The molecule has 0 amide bonds. The van der Waals surface area contributed by atoms with Crippen molar-refractivity contribution in [1.82, 2.24) is 24.9 Å². The van der Waals surface area contributed by atoms with E-state index in [0.29, 0.717) is 21.2 Å². The SMILES string of the molecule is Nc1nccc(Sc2cnc3[nH]c(N4CCC5(CC4)Cc4ccccc4[C@H]5N)nc3n2)c1F. The van der Waals surface area contributed by atoms with Gasteiger partial charge in [-0.1, -0.05) is 36.0 Å². The molecule has 1 aromatic carbocycles. The Hall–Kier alpha value is -3.24. The van der Waals surface area contributed by atoms with Crippen molar-refractivity contribution in [3.8, 4) is 0 Å². The summed E-state index contributed by atoms with van der Waals surface area (Å²) in [5, 5.41) is 0.539. The van der Waals surface area contributed by atoms with Crippen LogP contribution in [0.1, 0.15) is 30.0 Å². The molecule has 33 heavy (non-hydrogen) atoms. The van der Waals surface area contributed by atoms with E-state index in [2.05, 4.69) is 54.1 Å². The molecule has 1 fully saturated rings. The van der Waals surface area contributed by atoms with Gasteiger partial charge in [0.15, 0.2) is 22.9 Å². The number of nitrogens with zero attached hydrogens (tertiary/aromatic N) is 5. The van der Waals surface area contributed by atoms with Crippen molar-refractivity contribution in [2.45, 2.75) is 35.2 Å². The number of hydrogen-bond donors (Lipinski definition) is 3. The Bertz CT molecular complexity index is 1350. The van der Waals surface area contributed by atoms with E-state index in [-0.39, 0.29) is 17.3 Å². The Balaban J connectivity index is 1.19. The highest BCUT2D eigenvalue weighted by molar-refractivity contribution is 7.99. The summed E-state index contributed by atoms with van der Waals surface area (Å²) in [4.78, 5) is 23.3. The van der Waals surface area contributed by atoms with Gasteiger partial charge < -0.3 is 21.4 Å². The van der Waals surface area contributed by atoms with Crippen molar-refractivity contribution in [2.24, 2.45) is 11.1 Å². The van der Waals surface area contributed by atoms with Crippen LogP contribution in [-0.4, -0.2) is 38.0 Å². The number of nitrogen functional groups attached to an aromatic ring is 1. The lowest BCUT2D eigenvalue weighted by atomic mass is 9.73. The molecule has 0 bridgehead atoms. The quantitative estimate of drug-likeness (QED) is 0.423. The van der Waals surface area contributed by atoms with Crippen molar-refractivity contribution < 1.29 is 4.39 Å². The summed E-state index contributed by atoms with van der Waals surface area (Å²) in [6.07, 6.45) is 6.12. The molecular weight excluding hydrogens is 439 g/mol. The minimum absolute atomic E-state index is 0.0806. The number of rotatable bonds is 3. The molecule has 1 atom stereocenters. The minimum atomic E-state index is -0.554. The summed E-state index contributed by atoms with van der Waals surface area (Å²) >= 11 is 1.14. The van der Waals surface area contributed by atoms with Gasteiger partial charge in [-0.3, -0.25) is 0 Å². The van der Waals surface area contributed by atoms with Crippen molar-refractivity contribution in [2.75, 3.05) is 23.7 Å². The molecule has 1 aliphatic carbocycles. The van der Waals surface area contributed by atoms with Gasteiger partial charge >= 0.3 is 0 Å². The maximum atomic E-state index is 14.2. The molecule has 1 aliphatic heterocycles. The van der Waals surface area contributed by atoms with E-state index < -0.39 is 5.82 Å². The van der Waals surface area contributed by atoms with Gasteiger partial charge in [0, 0.05) is 25.3 Å². The highest BCUT2D eigenvalue weighted by Crippen LogP contribution is 2.50. The van der Waals surface area contributed by atoms with E-state index in [9.17, 15) is 4.39 Å². The maximum Gasteiger partial charge on any atom is 0.206 e. The lowest BCUT2D eigenvalue weighted by Crippen LogP contribution is -2.44. The van der Waals surface area contributed by atoms with Gasteiger partial charge in [-0.2, -0.15) is 4.98 Å². The zero-order chi connectivity index (χ0) is 22.6. The average molecular weight is 463 g/mol. The number of anilines is 2. The predicted molar refractivity (Wildman–Crippen MR) is 125 cm³/mol. The molecule has 1 spiro atoms. The summed E-state index contributed by atoms with van der Waals surface area (Å²) in [6, 6.07) is 10.2. The van der Waals surface area contributed by atoms with E-state index in [1.54, 1.807) is 12.3 Å². The van der Waals surface area contributed by atoms with E-state index in [0.717, 1.165) is 50.1 Å². The average Bonchev–Trinajstić information content (AvgIpc) is 3.37. The molecule has 0 saturated carbocycles. The molecular formula is C23H23FN8S. The summed E-state index contributed by atoms with van der Waals surface area (Å²) in [5.74, 6) is 0.0658. The van der Waals surface area contributed by atoms with Crippen LogP contribution < -0.4 is 16.4 Å². The third-order valence-electron chi connectivity index (χ3n) is 6.92. The molecule has 168 valence electrons. The first-order valence-electron chi connectivity index (χ1n) is 10.9. The highest BCUT2D eigenvalue weighted by Gasteiger charge is 2.46. The number of aromatic nitrogens is 5. The number of benzene rings is 1. The number of nitrogens with two attached hydrogens (primary N) is 2. The Labute approximate surface area is 194 Å². The third-order valence-corrected chi connectivity index (χ3v) is 7.86. The first-order valence-corrected chi connectivity index (χ1v) is 11.7. The Morgan fingerprint density at radius 1 is 1.12 bits per heavy atom. The standard InChI is InChI=1S/C23H23FN8S/c24-17-15(5-8-27-19(17)26)33-16-12-28-20-21(29-16)31-22(30-20)32-9-6-23(7-10-32)11-13-3-1-2-4-14(13)18(23)25/h1-5,8,12,18H,6-7,9-11,25H2,(H2,26,27)(H,28,29,30,31)/t18-/m1/s1. The lowest BCUT2D eigenvalue weighted by molar-refractivity contribution is 0.187. The fourth-order valence-electron chi connectivity index (χ4n) is 5.07. The van der Waals surface area contributed by atoms with Crippen LogP contribution in [0.3, 0.4) is 0 Å². The summed E-state index contributed by atoms with van der Waals surface area (Å²) in [6.45, 7) is 1.73. The number of imidazole rings is 1. The monoisotopic (exact) mass is 462 g/mol. The topological polar surface area (TPSA) is 123 Å². The molecule has 6 rings (SSSR count). The fourth-order valence-corrected chi connectivity index (χ4v) is 5.85. The Kier molecular flexibility index (Phi) is 4.73. The first kappa shape index (κ1) is 20.4. The van der Waals surface area contributed by atoms with Gasteiger partial charge in [-0.05, 0) is 41.9 Å². The van der Waals surface area contributed by atoms with Crippen LogP contribution in [0.15, 0.2) is 52.6 Å². The fraction of sp³-hybridized carbons (Fsp3) is 0.304. The normalized spacial score (nSPS) is 19.3. The van der Waals surface area contributed by atoms with Crippen molar-refractivity contribution in [3.05, 3.63) is 59.7 Å². The second-order valence-corrected chi connectivity index (χ2v) is 9.82. The predicted octanol–water partition coefficient (Wildman–Crippen LogP) is 3.46. The molecule has 0 radical (unpaired) electrons. The van der Waals surface area contributed by atoms with Crippen LogP contribution in [0, 0.1) is 11.2 Å². The molecule has 10 heteroatoms. The van der Waals surface area contributed by atoms with Crippen molar-refractivity contribution >= 4 is 34.8 Å². The Morgan fingerprint density at radius 2 is 1.94 bits per heavy atom. The van der Waals surface area contributed by atoms with Gasteiger partial charge in [0.05, 0.1) is 11.1 Å². The maximum absolute atomic E-state index is 14.2. The third kappa shape index (κ3) is 3.41. The summed E-state index contributed by atoms with van der Waals surface area (Å²) < 4.78 is 14.2. The zero-order valence-corrected chi connectivity index (χ0v) is 18.6. The zero-order valence-electron chi connectivity index (χ0n) is 17.8. The summed E-state index contributed by atoms with van der Waals surface area (Å²) in [5.41, 5.74) is 16.2. The van der Waals surface area contributed by atoms with Gasteiger partial charge in [0.1, 0.15) is 5.03 Å². The largest absolute Gasteiger partial charge is 0.381 e. The second-order valence-electron chi connectivity index (χ2n) is 8.75. The summed E-state index contributed by atoms with van der Waals surface area (Å²) in [7, 11) is 0. The molecule has 3 aromatic heterocycles. The number of hydrogen-bond acceptors (Lipinski definition) is 8. The number of H-pyrrole nitrogens is 1. The number of pyridine rings is 1. The van der Waals surface area contributed by atoms with Gasteiger partial charge in [0.2, 0.25) is 5.95 Å². The van der Waals surface area contributed by atoms with Crippen molar-refractivity contribution in [1.29, 1.82) is 0 Å². The smallest absolute Gasteiger partial charge is 0.206 e. The van der Waals surface area contributed by atoms with E-state index in [1.165, 1.54) is 17.3 Å². The highest BCUT2D eigenvalue weighted by atomic mass is 32.2. The van der Waals surface area contributed by atoms with Gasteiger partial charge in [-0.25, -0.2) is 19.3 Å². The molecule has 1 saturated heterocycles. The molecule has 0 unspecified atom stereocenters. The number of halogens is 1. The van der Waals surface area contributed by atoms with Crippen LogP contribution in [0.4, 0.5) is 16.2 Å². The number of piperidine rings is 1. The minimum Gasteiger partial charge on any atom is -0.381 e. The lowest BCUT2D eigenvalue weighted by Gasteiger charge is -2.42. The molecule has 4 heterocycles. The number of nitrogens with one attached hydrogen (secondary N) is 1. The second kappa shape index (κ2) is 7.67. The molecule has 8 nitrogen and oxygen atoms in total. The van der Waals surface area contributed by atoms with Crippen LogP contribution in [-0.2, 0) is 6.42 Å². The van der Waals surface area contributed by atoms with Crippen LogP contribution in [0.5, 0.6) is 0 Å². The molecule has 4 aromatic rings. The molecule has 5 N–H and O–H groups in total. The van der Waals surface area contributed by atoms with Crippen LogP contribution >= 0.6 is 11.8 Å². The van der Waals surface area contributed by atoms with Gasteiger partial charge in [0.25, 0.3) is 0 Å². The van der Waals surface area contributed by atoms with Crippen LogP contribution in [0.25, 0.3) is 11.3 Å². The van der Waals surface area contributed by atoms with Crippen molar-refractivity contribution in [3.63, 3.8) is 0 Å². The van der Waals surface area contributed by atoms with E-state index >= 15 is 0 Å². The van der Waals surface area contributed by atoms with E-state index in [1.807, 2.05) is 0 Å². The van der Waals surface area contributed by atoms with E-state index in [4.69, 9.17) is 11.5 Å². The Morgan fingerprint density at radius 3 is 2.76 bits per heavy atom. The first-order chi connectivity index (χ1) is 16.0.